The average molecular weight is 292 g/mol. The number of esters is 1. The molecule has 0 saturated heterocycles. The van der Waals surface area contributed by atoms with Gasteiger partial charge in [-0.15, -0.1) is 0 Å². The molecule has 2 heteroatoms. The monoisotopic (exact) mass is 292 g/mol. The third-order valence-corrected chi connectivity index (χ3v) is 5.77. The molecular formula is C19H32O2. The van der Waals surface area contributed by atoms with Crippen molar-refractivity contribution in [2.75, 3.05) is 0 Å². The number of hydrogen-bond donors (Lipinski definition) is 0. The van der Waals surface area contributed by atoms with Gasteiger partial charge in [-0.3, -0.25) is 4.79 Å². The first kappa shape index (κ1) is 16.6. The molecule has 0 heterocycles. The van der Waals surface area contributed by atoms with Crippen molar-refractivity contribution in [2.24, 2.45) is 29.6 Å². The SMILES string of the molecule is CC[C@@H]1[C@@H]2C(=C[C@H](C)C[C@@H]2OC(=O)[C@@H](C)CC)CC[C@@H]1C. The second-order valence-corrected chi connectivity index (χ2v) is 7.35. The summed E-state index contributed by atoms with van der Waals surface area (Å²) in [5.41, 5.74) is 1.57. The lowest BCUT2D eigenvalue weighted by molar-refractivity contribution is -0.159. The van der Waals surface area contributed by atoms with Gasteiger partial charge in [0.15, 0.2) is 0 Å². The van der Waals surface area contributed by atoms with E-state index in [9.17, 15) is 4.79 Å². The Balaban J connectivity index is 2.19. The average Bonchev–Trinajstić information content (AvgIpc) is 2.46. The van der Waals surface area contributed by atoms with Crippen molar-refractivity contribution in [3.8, 4) is 0 Å². The molecule has 6 atom stereocenters. The first-order chi connectivity index (χ1) is 9.97. The van der Waals surface area contributed by atoms with Crippen LogP contribution >= 0.6 is 0 Å². The maximum atomic E-state index is 12.3. The summed E-state index contributed by atoms with van der Waals surface area (Å²) < 4.78 is 5.98. The molecule has 2 aliphatic rings. The maximum absolute atomic E-state index is 12.3. The molecule has 0 N–H and O–H groups in total. The fraction of sp³-hybridized carbons (Fsp3) is 0.842. The first-order valence-corrected chi connectivity index (χ1v) is 8.88. The van der Waals surface area contributed by atoms with Gasteiger partial charge in [0.2, 0.25) is 0 Å². The van der Waals surface area contributed by atoms with Gasteiger partial charge in [-0.1, -0.05) is 52.7 Å². The third-order valence-electron chi connectivity index (χ3n) is 5.77. The molecule has 0 aromatic carbocycles. The van der Waals surface area contributed by atoms with E-state index in [1.165, 1.54) is 19.3 Å². The molecule has 2 rings (SSSR count). The molecule has 0 aromatic rings. The molecule has 0 amide bonds. The Hall–Kier alpha value is -0.790. The molecule has 0 unspecified atom stereocenters. The topological polar surface area (TPSA) is 26.3 Å². The van der Waals surface area contributed by atoms with Gasteiger partial charge in [-0.2, -0.15) is 0 Å². The predicted molar refractivity (Wildman–Crippen MR) is 86.9 cm³/mol. The van der Waals surface area contributed by atoms with E-state index in [0.717, 1.165) is 18.8 Å². The minimum atomic E-state index is 0.00373. The van der Waals surface area contributed by atoms with Crippen LogP contribution in [0.4, 0.5) is 0 Å². The summed E-state index contributed by atoms with van der Waals surface area (Å²) in [6, 6.07) is 0. The number of allylic oxidation sites excluding steroid dienone is 1. The largest absolute Gasteiger partial charge is 0.461 e. The molecule has 21 heavy (non-hydrogen) atoms. The molecule has 0 aliphatic heterocycles. The van der Waals surface area contributed by atoms with Gasteiger partial charge in [0.05, 0.1) is 5.92 Å². The van der Waals surface area contributed by atoms with Gasteiger partial charge >= 0.3 is 5.97 Å². The van der Waals surface area contributed by atoms with Crippen LogP contribution in [-0.2, 0) is 9.53 Å². The van der Waals surface area contributed by atoms with Gasteiger partial charge in [-0.25, -0.2) is 0 Å². The number of hydrogen-bond acceptors (Lipinski definition) is 2. The lowest BCUT2D eigenvalue weighted by atomic mass is 9.63. The molecule has 0 radical (unpaired) electrons. The highest BCUT2D eigenvalue weighted by atomic mass is 16.5. The van der Waals surface area contributed by atoms with Crippen molar-refractivity contribution in [2.45, 2.75) is 72.8 Å². The van der Waals surface area contributed by atoms with Gasteiger partial charge in [0, 0.05) is 5.92 Å². The predicted octanol–water partition coefficient (Wildman–Crippen LogP) is 4.98. The summed E-state index contributed by atoms with van der Waals surface area (Å²) in [7, 11) is 0. The van der Waals surface area contributed by atoms with Crippen molar-refractivity contribution < 1.29 is 9.53 Å². The Labute approximate surface area is 130 Å². The summed E-state index contributed by atoms with van der Waals surface area (Å²) in [5, 5.41) is 0. The summed E-state index contributed by atoms with van der Waals surface area (Å²) in [6.07, 6.45) is 8.11. The number of carbonyl (C=O) groups is 1. The molecular weight excluding hydrogens is 260 g/mol. The highest BCUT2D eigenvalue weighted by molar-refractivity contribution is 5.72. The molecule has 1 fully saturated rings. The van der Waals surface area contributed by atoms with Crippen LogP contribution in [0.5, 0.6) is 0 Å². The quantitative estimate of drug-likeness (QED) is 0.539. The van der Waals surface area contributed by atoms with E-state index in [1.54, 1.807) is 5.57 Å². The fourth-order valence-electron chi connectivity index (χ4n) is 4.27. The minimum Gasteiger partial charge on any atom is -0.461 e. The van der Waals surface area contributed by atoms with Crippen molar-refractivity contribution in [1.82, 2.24) is 0 Å². The van der Waals surface area contributed by atoms with E-state index in [1.807, 2.05) is 6.92 Å². The van der Waals surface area contributed by atoms with Gasteiger partial charge in [-0.05, 0) is 43.4 Å². The zero-order chi connectivity index (χ0) is 15.6. The lowest BCUT2D eigenvalue weighted by Crippen LogP contribution is -2.42. The van der Waals surface area contributed by atoms with Crippen LogP contribution in [0.2, 0.25) is 0 Å². The molecule has 0 bridgehead atoms. The number of carbonyl (C=O) groups excluding carboxylic acids is 1. The molecule has 0 spiro atoms. The minimum absolute atomic E-state index is 0.00373. The summed E-state index contributed by atoms with van der Waals surface area (Å²) in [6.45, 7) is 10.9. The maximum Gasteiger partial charge on any atom is 0.308 e. The van der Waals surface area contributed by atoms with Crippen LogP contribution < -0.4 is 0 Å². The fourth-order valence-corrected chi connectivity index (χ4v) is 4.27. The van der Waals surface area contributed by atoms with Crippen LogP contribution in [0.25, 0.3) is 0 Å². The van der Waals surface area contributed by atoms with E-state index in [-0.39, 0.29) is 18.0 Å². The second kappa shape index (κ2) is 6.98. The van der Waals surface area contributed by atoms with Gasteiger partial charge in [0.25, 0.3) is 0 Å². The lowest BCUT2D eigenvalue weighted by Gasteiger charge is -2.45. The Bertz CT molecular complexity index is 398. The molecule has 2 aliphatic carbocycles. The summed E-state index contributed by atoms with van der Waals surface area (Å²) in [4.78, 5) is 12.3. The van der Waals surface area contributed by atoms with Crippen molar-refractivity contribution in [3.05, 3.63) is 11.6 Å². The summed E-state index contributed by atoms with van der Waals surface area (Å²) in [5.74, 6) is 2.46. The Morgan fingerprint density at radius 3 is 2.71 bits per heavy atom. The summed E-state index contributed by atoms with van der Waals surface area (Å²) >= 11 is 0. The first-order valence-electron chi connectivity index (χ1n) is 8.88. The smallest absolute Gasteiger partial charge is 0.308 e. The van der Waals surface area contributed by atoms with E-state index >= 15 is 0 Å². The van der Waals surface area contributed by atoms with Gasteiger partial charge < -0.3 is 4.74 Å². The van der Waals surface area contributed by atoms with E-state index in [0.29, 0.717) is 17.8 Å². The highest BCUT2D eigenvalue weighted by Gasteiger charge is 2.42. The van der Waals surface area contributed by atoms with Gasteiger partial charge in [0.1, 0.15) is 6.10 Å². The highest BCUT2D eigenvalue weighted by Crippen LogP contribution is 2.47. The normalized spacial score (nSPS) is 37.4. The van der Waals surface area contributed by atoms with Crippen LogP contribution in [0, 0.1) is 29.6 Å². The zero-order valence-electron chi connectivity index (χ0n) is 14.4. The Morgan fingerprint density at radius 1 is 1.38 bits per heavy atom. The van der Waals surface area contributed by atoms with Crippen LogP contribution in [-0.4, -0.2) is 12.1 Å². The van der Waals surface area contributed by atoms with E-state index in [2.05, 4.69) is 33.8 Å². The molecule has 0 aromatic heterocycles. The molecule has 1 saturated carbocycles. The van der Waals surface area contributed by atoms with Crippen molar-refractivity contribution in [3.63, 3.8) is 0 Å². The number of ether oxygens (including phenoxy) is 1. The van der Waals surface area contributed by atoms with E-state index < -0.39 is 0 Å². The third kappa shape index (κ3) is 3.52. The van der Waals surface area contributed by atoms with Crippen LogP contribution in [0.15, 0.2) is 11.6 Å². The second-order valence-electron chi connectivity index (χ2n) is 7.35. The van der Waals surface area contributed by atoms with Crippen LogP contribution in [0.3, 0.4) is 0 Å². The molecule has 120 valence electrons. The molecule has 2 nitrogen and oxygen atoms in total. The number of fused-ring (bicyclic) bond motifs is 1. The Morgan fingerprint density at radius 2 is 2.10 bits per heavy atom. The van der Waals surface area contributed by atoms with E-state index in [4.69, 9.17) is 4.74 Å². The van der Waals surface area contributed by atoms with Crippen LogP contribution in [0.1, 0.15) is 66.7 Å². The van der Waals surface area contributed by atoms with Crippen molar-refractivity contribution in [1.29, 1.82) is 0 Å². The zero-order valence-corrected chi connectivity index (χ0v) is 14.4. The Kier molecular flexibility index (Phi) is 5.51. The standard InChI is InChI=1S/C19H32O2/c1-6-13(4)19(20)21-17-11-12(3)10-15-9-8-14(5)16(7-2)18(15)17/h10,12-14,16-18H,6-9,11H2,1-5H3/t12-,13-,14-,16-,17-,18-/m0/s1. The van der Waals surface area contributed by atoms with Crippen molar-refractivity contribution >= 4 is 5.97 Å². The number of rotatable bonds is 4.